The van der Waals surface area contributed by atoms with Crippen LogP contribution in [0.3, 0.4) is 0 Å². The number of amides is 1. The molecule has 0 aliphatic rings. The summed E-state index contributed by atoms with van der Waals surface area (Å²) in [4.78, 5) is 26.9. The number of hydrogen-bond donors (Lipinski definition) is 4. The predicted molar refractivity (Wildman–Crippen MR) is 130 cm³/mol. The summed E-state index contributed by atoms with van der Waals surface area (Å²) in [5.74, 6) is 0.0537. The van der Waals surface area contributed by atoms with Gasteiger partial charge >= 0.3 is 5.69 Å². The largest absolute Gasteiger partial charge is 0.378 e. The van der Waals surface area contributed by atoms with Gasteiger partial charge in [-0.05, 0) is 24.6 Å². The average Bonchev–Trinajstić information content (AvgIpc) is 3.19. The molecule has 12 heteroatoms. The number of pyridine rings is 1. The van der Waals surface area contributed by atoms with Gasteiger partial charge in [0.25, 0.3) is 5.91 Å². The molecule has 2 aromatic heterocycles. The van der Waals surface area contributed by atoms with E-state index in [0.29, 0.717) is 65.2 Å². The van der Waals surface area contributed by atoms with Crippen LogP contribution in [0.5, 0.6) is 0 Å². The molecule has 174 valence electrons. The Bertz CT molecular complexity index is 1170. The van der Waals surface area contributed by atoms with E-state index in [4.69, 9.17) is 34.7 Å². The first-order valence-electron chi connectivity index (χ1n) is 10.1. The average molecular weight is 492 g/mol. The maximum absolute atomic E-state index is 12.7. The first kappa shape index (κ1) is 24.3. The lowest BCUT2D eigenvalue weighted by Gasteiger charge is -2.07. The Labute approximate surface area is 200 Å². The number of nitrogens with zero attached hydrogens (tertiary/aromatic N) is 3. The lowest BCUT2D eigenvalue weighted by atomic mass is 10.0. The van der Waals surface area contributed by atoms with Crippen LogP contribution in [0.1, 0.15) is 16.8 Å². The highest BCUT2D eigenvalue weighted by molar-refractivity contribution is 6.36. The Morgan fingerprint density at radius 2 is 1.94 bits per heavy atom. The van der Waals surface area contributed by atoms with Crippen molar-refractivity contribution < 1.29 is 9.72 Å². The lowest BCUT2D eigenvalue weighted by Crippen LogP contribution is -2.29. The third-order valence-electron chi connectivity index (χ3n) is 4.77. The first-order chi connectivity index (χ1) is 15.8. The van der Waals surface area contributed by atoms with Gasteiger partial charge in [-0.3, -0.25) is 14.9 Å². The first-order valence-corrected chi connectivity index (χ1v) is 10.8. The minimum absolute atomic E-state index is 0.145. The van der Waals surface area contributed by atoms with Gasteiger partial charge in [0, 0.05) is 65.8 Å². The molecule has 6 N–H and O–H groups in total. The van der Waals surface area contributed by atoms with E-state index in [9.17, 15) is 14.9 Å². The van der Waals surface area contributed by atoms with Gasteiger partial charge in [0.15, 0.2) is 0 Å². The monoisotopic (exact) mass is 491 g/mol. The second-order valence-corrected chi connectivity index (χ2v) is 7.97. The Morgan fingerprint density at radius 3 is 2.61 bits per heavy atom. The maximum Gasteiger partial charge on any atom is 0.311 e. The number of halogens is 2. The number of nitrogen functional groups attached to an aromatic ring is 1. The molecule has 0 bridgehead atoms. The molecule has 0 saturated carbocycles. The SMILES string of the molecule is NCCNC(=O)c1cn(CCCNc2ccc([N+](=O)[O-])c(N)n2)cc1-c1ccc(Cl)cc1Cl. The van der Waals surface area contributed by atoms with E-state index in [1.165, 1.54) is 12.1 Å². The van der Waals surface area contributed by atoms with Gasteiger partial charge in [-0.25, -0.2) is 4.98 Å². The number of anilines is 2. The fraction of sp³-hybridized carbons (Fsp3) is 0.238. The van der Waals surface area contributed by atoms with Crippen molar-refractivity contribution in [3.05, 3.63) is 68.4 Å². The van der Waals surface area contributed by atoms with Gasteiger partial charge in [0.1, 0.15) is 5.82 Å². The number of hydrogen-bond acceptors (Lipinski definition) is 7. The zero-order chi connectivity index (χ0) is 24.0. The molecule has 0 aliphatic heterocycles. The number of aryl methyl sites for hydroxylation is 1. The van der Waals surface area contributed by atoms with Crippen LogP contribution >= 0.6 is 23.2 Å². The van der Waals surface area contributed by atoms with Gasteiger partial charge in [-0.15, -0.1) is 0 Å². The summed E-state index contributed by atoms with van der Waals surface area (Å²) in [5.41, 5.74) is 12.7. The van der Waals surface area contributed by atoms with Crippen LogP contribution in [0.4, 0.5) is 17.3 Å². The Hall–Kier alpha value is -3.34. The Morgan fingerprint density at radius 1 is 1.15 bits per heavy atom. The van der Waals surface area contributed by atoms with E-state index in [0.717, 1.165) is 0 Å². The quantitative estimate of drug-likeness (QED) is 0.192. The summed E-state index contributed by atoms with van der Waals surface area (Å²) in [7, 11) is 0. The van der Waals surface area contributed by atoms with Crippen molar-refractivity contribution in [2.75, 3.05) is 30.7 Å². The molecule has 0 fully saturated rings. The Balaban J connectivity index is 1.71. The maximum atomic E-state index is 12.7. The van der Waals surface area contributed by atoms with Crippen LogP contribution in [-0.4, -0.2) is 40.0 Å². The van der Waals surface area contributed by atoms with Crippen molar-refractivity contribution in [2.45, 2.75) is 13.0 Å². The van der Waals surface area contributed by atoms with Gasteiger partial charge in [-0.1, -0.05) is 29.3 Å². The van der Waals surface area contributed by atoms with Crippen LogP contribution in [0, 0.1) is 10.1 Å². The standard InChI is InChI=1S/C21H23Cl2N7O3/c22-13-2-3-14(17(23)10-13)15-11-29(12-16(15)21(31)27-8-6-24)9-1-7-26-19-5-4-18(30(32)33)20(25)28-19/h2-5,10-12H,1,6-9,24H2,(H,27,31)(H3,25,26,28). The van der Waals surface area contributed by atoms with Crippen LogP contribution in [0.15, 0.2) is 42.7 Å². The highest BCUT2D eigenvalue weighted by atomic mass is 35.5. The molecule has 0 spiro atoms. The molecule has 2 heterocycles. The summed E-state index contributed by atoms with van der Waals surface area (Å²) in [6, 6.07) is 7.94. The van der Waals surface area contributed by atoms with Crippen molar-refractivity contribution in [3.8, 4) is 11.1 Å². The topological polar surface area (TPSA) is 154 Å². The summed E-state index contributed by atoms with van der Waals surface area (Å²) in [5, 5.41) is 17.7. The molecule has 0 unspecified atom stereocenters. The molecule has 33 heavy (non-hydrogen) atoms. The van der Waals surface area contributed by atoms with E-state index in [1.807, 2.05) is 10.8 Å². The van der Waals surface area contributed by atoms with Gasteiger partial charge < -0.3 is 26.7 Å². The minimum atomic E-state index is -0.579. The van der Waals surface area contributed by atoms with E-state index in [1.54, 1.807) is 24.4 Å². The molecule has 0 saturated heterocycles. The highest BCUT2D eigenvalue weighted by Gasteiger charge is 2.18. The second-order valence-electron chi connectivity index (χ2n) is 7.13. The number of nitrogens with two attached hydrogens (primary N) is 2. The van der Waals surface area contributed by atoms with E-state index < -0.39 is 4.92 Å². The smallest absolute Gasteiger partial charge is 0.311 e. The van der Waals surface area contributed by atoms with Crippen LogP contribution in [-0.2, 0) is 6.54 Å². The van der Waals surface area contributed by atoms with Crippen LogP contribution in [0.2, 0.25) is 10.0 Å². The van der Waals surface area contributed by atoms with Crippen molar-refractivity contribution in [2.24, 2.45) is 5.73 Å². The third kappa shape index (κ3) is 6.13. The van der Waals surface area contributed by atoms with Gasteiger partial charge in [-0.2, -0.15) is 0 Å². The normalized spacial score (nSPS) is 10.8. The molecule has 1 aromatic carbocycles. The van der Waals surface area contributed by atoms with Crippen LogP contribution < -0.4 is 22.1 Å². The lowest BCUT2D eigenvalue weighted by molar-refractivity contribution is -0.384. The highest BCUT2D eigenvalue weighted by Crippen LogP contribution is 2.33. The van der Waals surface area contributed by atoms with Crippen molar-refractivity contribution in [3.63, 3.8) is 0 Å². The molecule has 0 radical (unpaired) electrons. The molecule has 10 nitrogen and oxygen atoms in total. The Kier molecular flexibility index (Phi) is 8.10. The molecule has 0 aliphatic carbocycles. The fourth-order valence-corrected chi connectivity index (χ4v) is 3.73. The van der Waals surface area contributed by atoms with Gasteiger partial charge in [0.2, 0.25) is 5.82 Å². The fourth-order valence-electron chi connectivity index (χ4n) is 3.22. The summed E-state index contributed by atoms with van der Waals surface area (Å²) in [6.07, 6.45) is 4.30. The van der Waals surface area contributed by atoms with Crippen molar-refractivity contribution in [1.29, 1.82) is 0 Å². The molecule has 3 rings (SSSR count). The number of benzene rings is 1. The van der Waals surface area contributed by atoms with Crippen molar-refractivity contribution in [1.82, 2.24) is 14.9 Å². The molecule has 0 atom stereocenters. The molecular weight excluding hydrogens is 469 g/mol. The molecular formula is C21H23Cl2N7O3. The van der Waals surface area contributed by atoms with Crippen molar-refractivity contribution >= 4 is 46.4 Å². The summed E-state index contributed by atoms with van der Waals surface area (Å²) < 4.78 is 1.90. The van der Waals surface area contributed by atoms with E-state index in [-0.39, 0.29) is 17.4 Å². The number of nitro groups is 1. The number of rotatable bonds is 10. The van der Waals surface area contributed by atoms with E-state index >= 15 is 0 Å². The molecule has 3 aromatic rings. The minimum Gasteiger partial charge on any atom is -0.378 e. The summed E-state index contributed by atoms with van der Waals surface area (Å²) in [6.45, 7) is 1.81. The number of carbonyl (C=O) groups excluding carboxylic acids is 1. The van der Waals surface area contributed by atoms with Gasteiger partial charge in [0.05, 0.1) is 10.5 Å². The zero-order valence-corrected chi connectivity index (χ0v) is 19.1. The van der Waals surface area contributed by atoms with Crippen LogP contribution in [0.25, 0.3) is 11.1 Å². The molecule has 1 amide bonds. The predicted octanol–water partition coefficient (Wildman–Crippen LogP) is 3.54. The second kappa shape index (κ2) is 11.0. The summed E-state index contributed by atoms with van der Waals surface area (Å²) >= 11 is 12.4. The number of carbonyl (C=O) groups is 1. The number of nitrogens with one attached hydrogen (secondary N) is 2. The number of aromatic nitrogens is 2. The third-order valence-corrected chi connectivity index (χ3v) is 5.32. The van der Waals surface area contributed by atoms with E-state index in [2.05, 4.69) is 15.6 Å². The zero-order valence-electron chi connectivity index (χ0n) is 17.6.